The molecule has 0 saturated heterocycles. The molecule has 0 aliphatic heterocycles. The van der Waals surface area contributed by atoms with E-state index in [0.29, 0.717) is 23.7 Å². The number of amides is 1. The van der Waals surface area contributed by atoms with Crippen molar-refractivity contribution >= 4 is 56.8 Å². The SMILES string of the molecule is COC(=O)CCCCCNC(=O)CSc1nc2ccc(Cl)cc2s1. The van der Waals surface area contributed by atoms with Gasteiger partial charge in [-0.3, -0.25) is 9.59 Å². The molecule has 0 unspecified atom stereocenters. The molecular weight excluding hydrogens is 368 g/mol. The lowest BCUT2D eigenvalue weighted by atomic mass is 10.2. The molecule has 5 nitrogen and oxygen atoms in total. The lowest BCUT2D eigenvalue weighted by molar-refractivity contribution is -0.140. The van der Waals surface area contributed by atoms with E-state index < -0.39 is 0 Å². The minimum atomic E-state index is -0.187. The molecule has 1 aromatic heterocycles. The van der Waals surface area contributed by atoms with Crippen molar-refractivity contribution in [2.75, 3.05) is 19.4 Å². The Morgan fingerprint density at radius 3 is 2.96 bits per heavy atom. The first-order valence-electron chi connectivity index (χ1n) is 7.61. The van der Waals surface area contributed by atoms with E-state index in [4.69, 9.17) is 11.6 Å². The largest absolute Gasteiger partial charge is 0.469 e. The van der Waals surface area contributed by atoms with Gasteiger partial charge in [0.15, 0.2) is 4.34 Å². The molecule has 0 aliphatic carbocycles. The third kappa shape index (κ3) is 6.30. The molecule has 2 aromatic rings. The van der Waals surface area contributed by atoms with Crippen molar-refractivity contribution in [2.45, 2.75) is 30.0 Å². The van der Waals surface area contributed by atoms with Gasteiger partial charge in [-0.15, -0.1) is 11.3 Å². The van der Waals surface area contributed by atoms with E-state index >= 15 is 0 Å². The number of unbranched alkanes of at least 4 members (excludes halogenated alkanes) is 2. The van der Waals surface area contributed by atoms with Crippen LogP contribution in [-0.4, -0.2) is 36.3 Å². The van der Waals surface area contributed by atoms with E-state index in [1.165, 1.54) is 30.2 Å². The molecule has 0 saturated carbocycles. The fourth-order valence-electron chi connectivity index (χ4n) is 2.02. The molecule has 0 spiro atoms. The molecule has 8 heteroatoms. The van der Waals surface area contributed by atoms with Gasteiger partial charge in [0.25, 0.3) is 0 Å². The number of esters is 1. The standard InChI is InChI=1S/C16H19ClN2O3S2/c1-22-15(21)5-3-2-4-8-18-14(20)10-23-16-19-12-7-6-11(17)9-13(12)24-16/h6-7,9H,2-5,8,10H2,1H3,(H,18,20). The fraction of sp³-hybridized carbons (Fsp3) is 0.438. The zero-order chi connectivity index (χ0) is 17.4. The Morgan fingerprint density at radius 1 is 1.33 bits per heavy atom. The molecule has 1 aromatic carbocycles. The molecule has 1 heterocycles. The summed E-state index contributed by atoms with van der Waals surface area (Å²) in [5, 5.41) is 3.57. The van der Waals surface area contributed by atoms with Crippen LogP contribution in [0.3, 0.4) is 0 Å². The summed E-state index contributed by atoms with van der Waals surface area (Å²) in [6.07, 6.45) is 2.96. The van der Waals surface area contributed by atoms with Gasteiger partial charge in [0, 0.05) is 18.0 Å². The smallest absolute Gasteiger partial charge is 0.305 e. The van der Waals surface area contributed by atoms with Gasteiger partial charge >= 0.3 is 5.97 Å². The van der Waals surface area contributed by atoms with Crippen LogP contribution in [0.25, 0.3) is 10.2 Å². The summed E-state index contributed by atoms with van der Waals surface area (Å²) in [5.41, 5.74) is 0.901. The molecular formula is C16H19ClN2O3S2. The Bertz CT molecular complexity index is 706. The number of nitrogens with zero attached hydrogens (tertiary/aromatic N) is 1. The quantitative estimate of drug-likeness (QED) is 0.402. The third-order valence-corrected chi connectivity index (χ3v) is 5.66. The van der Waals surface area contributed by atoms with Gasteiger partial charge in [-0.25, -0.2) is 4.98 Å². The van der Waals surface area contributed by atoms with Crippen molar-refractivity contribution in [3.05, 3.63) is 23.2 Å². The van der Waals surface area contributed by atoms with Gasteiger partial charge in [0.2, 0.25) is 5.91 Å². The fourth-order valence-corrected chi connectivity index (χ4v) is 4.19. The Kier molecular flexibility index (Phi) is 7.81. The van der Waals surface area contributed by atoms with Crippen LogP contribution in [0.2, 0.25) is 5.02 Å². The van der Waals surface area contributed by atoms with E-state index in [0.717, 1.165) is 33.8 Å². The van der Waals surface area contributed by atoms with E-state index in [1.54, 1.807) is 0 Å². The highest BCUT2D eigenvalue weighted by molar-refractivity contribution is 8.01. The second kappa shape index (κ2) is 9.86. The van der Waals surface area contributed by atoms with Crippen LogP contribution >= 0.6 is 34.7 Å². The topological polar surface area (TPSA) is 68.3 Å². The zero-order valence-electron chi connectivity index (χ0n) is 13.3. The van der Waals surface area contributed by atoms with Crippen LogP contribution in [0.1, 0.15) is 25.7 Å². The minimum absolute atomic E-state index is 0.00902. The predicted octanol–water partition coefficient (Wildman–Crippen LogP) is 3.89. The Labute approximate surface area is 154 Å². The minimum Gasteiger partial charge on any atom is -0.469 e. The molecule has 130 valence electrons. The molecule has 2 rings (SSSR count). The van der Waals surface area contributed by atoms with Crippen LogP contribution in [0.5, 0.6) is 0 Å². The van der Waals surface area contributed by atoms with Gasteiger partial charge in [-0.2, -0.15) is 0 Å². The number of thiazole rings is 1. The number of carbonyl (C=O) groups is 2. The lowest BCUT2D eigenvalue weighted by Gasteiger charge is -2.04. The van der Waals surface area contributed by atoms with E-state index in [1.807, 2.05) is 18.2 Å². The maximum atomic E-state index is 11.8. The van der Waals surface area contributed by atoms with Gasteiger partial charge in [-0.1, -0.05) is 29.8 Å². The molecule has 0 fully saturated rings. The normalized spacial score (nSPS) is 10.8. The summed E-state index contributed by atoms with van der Waals surface area (Å²) < 4.78 is 6.46. The number of carbonyl (C=O) groups excluding carboxylic acids is 2. The first kappa shape index (κ1) is 19.0. The van der Waals surface area contributed by atoms with Crippen molar-refractivity contribution in [3.63, 3.8) is 0 Å². The highest BCUT2D eigenvalue weighted by Gasteiger charge is 2.08. The third-order valence-electron chi connectivity index (χ3n) is 3.27. The number of benzene rings is 1. The number of ether oxygens (including phenoxy) is 1. The summed E-state index contributed by atoms with van der Waals surface area (Å²) >= 11 is 8.92. The van der Waals surface area contributed by atoms with Crippen LogP contribution < -0.4 is 5.32 Å². The number of fused-ring (bicyclic) bond motifs is 1. The average Bonchev–Trinajstić information content (AvgIpc) is 2.97. The average molecular weight is 387 g/mol. The first-order valence-corrected chi connectivity index (χ1v) is 9.79. The van der Waals surface area contributed by atoms with Crippen LogP contribution in [0.4, 0.5) is 0 Å². The van der Waals surface area contributed by atoms with Crippen molar-refractivity contribution < 1.29 is 14.3 Å². The van der Waals surface area contributed by atoms with Crippen LogP contribution in [-0.2, 0) is 14.3 Å². The number of rotatable bonds is 9. The molecule has 0 bridgehead atoms. The highest BCUT2D eigenvalue weighted by atomic mass is 35.5. The van der Waals surface area contributed by atoms with E-state index in [9.17, 15) is 9.59 Å². The second-order valence-corrected chi connectivity index (χ2v) is 7.81. The number of aromatic nitrogens is 1. The maximum Gasteiger partial charge on any atom is 0.305 e. The summed E-state index contributed by atoms with van der Waals surface area (Å²) in [5.74, 6) is 0.147. The van der Waals surface area contributed by atoms with E-state index in [-0.39, 0.29) is 11.9 Å². The summed E-state index contributed by atoms with van der Waals surface area (Å²) in [6, 6.07) is 5.57. The van der Waals surface area contributed by atoms with Crippen LogP contribution in [0, 0.1) is 0 Å². The molecule has 24 heavy (non-hydrogen) atoms. The van der Waals surface area contributed by atoms with Gasteiger partial charge in [0.05, 0.1) is 23.1 Å². The molecule has 0 radical (unpaired) electrons. The molecule has 0 aliphatic rings. The maximum absolute atomic E-state index is 11.8. The number of hydrogen-bond acceptors (Lipinski definition) is 6. The molecule has 1 N–H and O–H groups in total. The molecule has 0 atom stereocenters. The number of thioether (sulfide) groups is 1. The van der Waals surface area contributed by atoms with Gasteiger partial charge in [0.1, 0.15) is 0 Å². The van der Waals surface area contributed by atoms with Crippen molar-refractivity contribution in [3.8, 4) is 0 Å². The second-order valence-electron chi connectivity index (χ2n) is 5.12. The predicted molar refractivity (Wildman–Crippen MR) is 98.8 cm³/mol. The van der Waals surface area contributed by atoms with Crippen LogP contribution in [0.15, 0.2) is 22.5 Å². The van der Waals surface area contributed by atoms with Crippen molar-refractivity contribution in [1.82, 2.24) is 10.3 Å². The zero-order valence-corrected chi connectivity index (χ0v) is 15.7. The molecule has 1 amide bonds. The van der Waals surface area contributed by atoms with E-state index in [2.05, 4.69) is 15.0 Å². The Balaban J connectivity index is 1.63. The number of halogens is 1. The monoisotopic (exact) mass is 386 g/mol. The number of hydrogen-bond donors (Lipinski definition) is 1. The summed E-state index contributed by atoms with van der Waals surface area (Å²) in [7, 11) is 1.39. The summed E-state index contributed by atoms with van der Waals surface area (Å²) in [6.45, 7) is 0.621. The Morgan fingerprint density at radius 2 is 2.17 bits per heavy atom. The number of methoxy groups -OCH3 is 1. The number of nitrogens with one attached hydrogen (secondary N) is 1. The van der Waals surface area contributed by atoms with Crippen molar-refractivity contribution in [1.29, 1.82) is 0 Å². The lowest BCUT2D eigenvalue weighted by Crippen LogP contribution is -2.26. The summed E-state index contributed by atoms with van der Waals surface area (Å²) in [4.78, 5) is 27.2. The van der Waals surface area contributed by atoms with Gasteiger partial charge < -0.3 is 10.1 Å². The highest BCUT2D eigenvalue weighted by Crippen LogP contribution is 2.30. The van der Waals surface area contributed by atoms with Gasteiger partial charge in [-0.05, 0) is 31.0 Å². The Hall–Kier alpha value is -1.31. The van der Waals surface area contributed by atoms with Crippen molar-refractivity contribution in [2.24, 2.45) is 0 Å². The first-order chi connectivity index (χ1) is 11.6.